The molecular formula is C27H21BrClN3O6. The standard InChI is InChI=1S/C27H21BrClN3O6/c1-15-7-9-18(13-20(15)29)32-26(35)19(25(34)31-27(32)36)12-16-11-17(28)8-10-22(16)38-14-24(33)30-21-5-3-4-6-23(21)37-2/h3-13H,14H2,1-2H3,(H,30,33)(H,31,34,36)/b19-12+. The van der Waals surface area contributed by atoms with Gasteiger partial charge in [0.2, 0.25) is 0 Å². The lowest BCUT2D eigenvalue weighted by Gasteiger charge is -2.26. The van der Waals surface area contributed by atoms with Crippen LogP contribution in [0.25, 0.3) is 6.08 Å². The van der Waals surface area contributed by atoms with Crippen LogP contribution in [0.15, 0.2) is 70.7 Å². The number of methoxy groups -OCH3 is 1. The molecule has 38 heavy (non-hydrogen) atoms. The number of hydrogen-bond donors (Lipinski definition) is 2. The molecule has 0 aliphatic carbocycles. The maximum Gasteiger partial charge on any atom is 0.335 e. The van der Waals surface area contributed by atoms with E-state index >= 15 is 0 Å². The molecule has 194 valence electrons. The molecule has 3 aromatic rings. The maximum atomic E-state index is 13.3. The van der Waals surface area contributed by atoms with Crippen LogP contribution < -0.4 is 25.0 Å². The summed E-state index contributed by atoms with van der Waals surface area (Å²) in [5.74, 6) is -1.42. The molecule has 4 rings (SSSR count). The van der Waals surface area contributed by atoms with Crippen LogP contribution in [-0.2, 0) is 14.4 Å². The smallest absolute Gasteiger partial charge is 0.335 e. The van der Waals surface area contributed by atoms with Gasteiger partial charge in [-0.2, -0.15) is 0 Å². The molecule has 0 atom stereocenters. The number of anilines is 2. The predicted octanol–water partition coefficient (Wildman–Crippen LogP) is 5.10. The van der Waals surface area contributed by atoms with E-state index in [2.05, 4.69) is 26.6 Å². The summed E-state index contributed by atoms with van der Waals surface area (Å²) < 4.78 is 11.6. The van der Waals surface area contributed by atoms with Crippen molar-refractivity contribution in [1.82, 2.24) is 5.32 Å². The van der Waals surface area contributed by atoms with Gasteiger partial charge in [-0.3, -0.25) is 19.7 Å². The van der Waals surface area contributed by atoms with Gasteiger partial charge in [0, 0.05) is 15.1 Å². The SMILES string of the molecule is COc1ccccc1NC(=O)COc1ccc(Br)cc1/C=C1\C(=O)NC(=O)N(c2ccc(C)c(Cl)c2)C1=O. The highest BCUT2D eigenvalue weighted by molar-refractivity contribution is 9.10. The van der Waals surface area contributed by atoms with Gasteiger partial charge < -0.3 is 14.8 Å². The highest BCUT2D eigenvalue weighted by Gasteiger charge is 2.37. The molecule has 0 aromatic heterocycles. The van der Waals surface area contributed by atoms with Gasteiger partial charge in [0.25, 0.3) is 17.7 Å². The first-order valence-electron chi connectivity index (χ1n) is 11.2. The van der Waals surface area contributed by atoms with Gasteiger partial charge in [-0.25, -0.2) is 9.69 Å². The fourth-order valence-electron chi connectivity index (χ4n) is 3.61. The summed E-state index contributed by atoms with van der Waals surface area (Å²) in [4.78, 5) is 51.8. The van der Waals surface area contributed by atoms with Crippen molar-refractivity contribution < 1.29 is 28.7 Å². The molecule has 11 heteroatoms. The Balaban J connectivity index is 1.59. The van der Waals surface area contributed by atoms with Crippen molar-refractivity contribution in [3.63, 3.8) is 0 Å². The first kappa shape index (κ1) is 26.9. The maximum absolute atomic E-state index is 13.3. The number of carbonyl (C=O) groups excluding carboxylic acids is 4. The Morgan fingerprint density at radius 1 is 1.08 bits per heavy atom. The van der Waals surface area contributed by atoms with Crippen LogP contribution in [0.5, 0.6) is 11.5 Å². The van der Waals surface area contributed by atoms with Gasteiger partial charge >= 0.3 is 6.03 Å². The number of rotatable bonds is 7. The number of halogens is 2. The van der Waals surface area contributed by atoms with Crippen molar-refractivity contribution in [3.8, 4) is 11.5 Å². The van der Waals surface area contributed by atoms with Crippen molar-refractivity contribution in [2.45, 2.75) is 6.92 Å². The van der Waals surface area contributed by atoms with E-state index in [9.17, 15) is 19.2 Å². The van der Waals surface area contributed by atoms with Crippen molar-refractivity contribution >= 4 is 68.7 Å². The Hall–Kier alpha value is -4.15. The Morgan fingerprint density at radius 3 is 2.58 bits per heavy atom. The molecule has 0 bridgehead atoms. The molecule has 0 unspecified atom stereocenters. The zero-order valence-corrected chi connectivity index (χ0v) is 22.6. The van der Waals surface area contributed by atoms with Gasteiger partial charge in [-0.15, -0.1) is 0 Å². The Kier molecular flexibility index (Phi) is 8.13. The number of para-hydroxylation sites is 2. The first-order chi connectivity index (χ1) is 18.2. The highest BCUT2D eigenvalue weighted by Crippen LogP contribution is 2.30. The van der Waals surface area contributed by atoms with Crippen LogP contribution >= 0.6 is 27.5 Å². The molecule has 3 aromatic carbocycles. The predicted molar refractivity (Wildman–Crippen MR) is 146 cm³/mol. The minimum Gasteiger partial charge on any atom is -0.495 e. The number of amides is 5. The van der Waals surface area contributed by atoms with Gasteiger partial charge in [0.05, 0.1) is 18.5 Å². The third-order valence-corrected chi connectivity index (χ3v) is 6.43. The van der Waals surface area contributed by atoms with Crippen LogP contribution in [-0.4, -0.2) is 37.5 Å². The number of nitrogens with one attached hydrogen (secondary N) is 2. The van der Waals surface area contributed by atoms with Crippen LogP contribution in [0, 0.1) is 6.92 Å². The Labute approximate surface area is 231 Å². The van der Waals surface area contributed by atoms with Crippen LogP contribution in [0.2, 0.25) is 5.02 Å². The zero-order chi connectivity index (χ0) is 27.4. The number of aryl methyl sites for hydroxylation is 1. The summed E-state index contributed by atoms with van der Waals surface area (Å²) in [5.41, 5.74) is 1.48. The number of hydrogen-bond acceptors (Lipinski definition) is 6. The third-order valence-electron chi connectivity index (χ3n) is 5.53. The van der Waals surface area contributed by atoms with Crippen LogP contribution in [0.1, 0.15) is 11.1 Å². The van der Waals surface area contributed by atoms with Gasteiger partial charge in [-0.1, -0.05) is 45.7 Å². The van der Waals surface area contributed by atoms with Gasteiger partial charge in [0.15, 0.2) is 6.61 Å². The summed E-state index contributed by atoms with van der Waals surface area (Å²) in [6.45, 7) is 1.42. The molecule has 0 radical (unpaired) electrons. The van der Waals surface area contributed by atoms with Crippen molar-refractivity contribution in [2.75, 3.05) is 23.9 Å². The van der Waals surface area contributed by atoms with E-state index in [0.29, 0.717) is 26.5 Å². The molecule has 9 nitrogen and oxygen atoms in total. The van der Waals surface area contributed by atoms with E-state index < -0.39 is 23.8 Å². The average molecular weight is 599 g/mol. The lowest BCUT2D eigenvalue weighted by atomic mass is 10.1. The lowest BCUT2D eigenvalue weighted by Crippen LogP contribution is -2.54. The summed E-state index contributed by atoms with van der Waals surface area (Å²) in [7, 11) is 1.49. The lowest BCUT2D eigenvalue weighted by molar-refractivity contribution is -0.122. The number of carbonyl (C=O) groups is 4. The summed E-state index contributed by atoms with van der Waals surface area (Å²) in [5, 5.41) is 5.24. The molecule has 0 saturated carbocycles. The van der Waals surface area contributed by atoms with Crippen molar-refractivity contribution in [3.05, 3.63) is 86.9 Å². The second-order valence-electron chi connectivity index (χ2n) is 8.11. The second-order valence-corrected chi connectivity index (χ2v) is 9.43. The van der Waals surface area contributed by atoms with E-state index in [1.54, 1.807) is 61.5 Å². The highest BCUT2D eigenvalue weighted by atomic mass is 79.9. The van der Waals surface area contributed by atoms with Crippen LogP contribution in [0.4, 0.5) is 16.2 Å². The summed E-state index contributed by atoms with van der Waals surface area (Å²) in [6, 6.07) is 15.6. The molecular weight excluding hydrogens is 578 g/mol. The Morgan fingerprint density at radius 2 is 1.84 bits per heavy atom. The molecule has 2 N–H and O–H groups in total. The number of nitrogens with zero attached hydrogens (tertiary/aromatic N) is 1. The van der Waals surface area contributed by atoms with E-state index in [-0.39, 0.29) is 23.6 Å². The van der Waals surface area contributed by atoms with Gasteiger partial charge in [-0.05, 0) is 61.0 Å². The number of urea groups is 1. The van der Waals surface area contributed by atoms with E-state index in [4.69, 9.17) is 21.1 Å². The minimum atomic E-state index is -0.893. The van der Waals surface area contributed by atoms with E-state index in [1.165, 1.54) is 19.3 Å². The minimum absolute atomic E-state index is 0.209. The number of imide groups is 2. The quantitative estimate of drug-likeness (QED) is 0.289. The van der Waals surface area contributed by atoms with E-state index in [1.807, 2.05) is 0 Å². The third kappa shape index (κ3) is 5.87. The molecule has 0 spiro atoms. The van der Waals surface area contributed by atoms with Crippen LogP contribution in [0.3, 0.4) is 0 Å². The van der Waals surface area contributed by atoms with Crippen molar-refractivity contribution in [1.29, 1.82) is 0 Å². The Bertz CT molecular complexity index is 1490. The number of barbiturate groups is 1. The van der Waals surface area contributed by atoms with Crippen molar-refractivity contribution in [2.24, 2.45) is 0 Å². The fourth-order valence-corrected chi connectivity index (χ4v) is 4.16. The largest absolute Gasteiger partial charge is 0.495 e. The van der Waals surface area contributed by atoms with E-state index in [0.717, 1.165) is 10.5 Å². The molecule has 1 aliphatic rings. The molecule has 1 heterocycles. The normalized spacial score (nSPS) is 14.4. The topological polar surface area (TPSA) is 114 Å². The number of benzene rings is 3. The fraction of sp³-hybridized carbons (Fsp3) is 0.111. The number of ether oxygens (including phenoxy) is 2. The monoisotopic (exact) mass is 597 g/mol. The molecule has 1 saturated heterocycles. The van der Waals surface area contributed by atoms with Gasteiger partial charge in [0.1, 0.15) is 17.1 Å². The average Bonchev–Trinajstić information content (AvgIpc) is 2.88. The molecule has 5 amide bonds. The summed E-state index contributed by atoms with van der Waals surface area (Å²) in [6.07, 6.45) is 1.30. The second kappa shape index (κ2) is 11.5. The molecule has 1 aliphatic heterocycles. The zero-order valence-electron chi connectivity index (χ0n) is 20.2. The molecule has 1 fully saturated rings. The first-order valence-corrected chi connectivity index (χ1v) is 12.4. The summed E-state index contributed by atoms with van der Waals surface area (Å²) >= 11 is 9.54.